The number of aryl methyl sites for hydroxylation is 2. The SMILES string of the molecule is Cc1cc(S(N)(=O)=O)cc(C)c1OCCn1ccnc1. The molecule has 0 aliphatic heterocycles. The quantitative estimate of drug-likeness (QED) is 0.898. The van der Waals surface area contributed by atoms with Crippen molar-refractivity contribution in [3.05, 3.63) is 42.0 Å². The third-order valence-corrected chi connectivity index (χ3v) is 3.81. The van der Waals surface area contributed by atoms with Crippen LogP contribution in [0.1, 0.15) is 11.1 Å². The van der Waals surface area contributed by atoms with Crippen molar-refractivity contribution in [3.8, 4) is 5.75 Å². The zero-order valence-electron chi connectivity index (χ0n) is 11.4. The standard InChI is InChI=1S/C13H17N3O3S/c1-10-7-12(20(14,17)18)8-11(2)13(10)19-6-5-16-4-3-15-9-16/h3-4,7-9H,5-6H2,1-2H3,(H2,14,17,18). The zero-order valence-corrected chi connectivity index (χ0v) is 12.2. The van der Waals surface area contributed by atoms with Gasteiger partial charge in [-0.1, -0.05) is 0 Å². The van der Waals surface area contributed by atoms with Crippen molar-refractivity contribution >= 4 is 10.0 Å². The van der Waals surface area contributed by atoms with Gasteiger partial charge in [-0.15, -0.1) is 0 Å². The van der Waals surface area contributed by atoms with E-state index in [9.17, 15) is 8.42 Å². The summed E-state index contributed by atoms with van der Waals surface area (Å²) in [4.78, 5) is 4.05. The Morgan fingerprint density at radius 2 is 1.95 bits per heavy atom. The molecule has 0 unspecified atom stereocenters. The predicted molar refractivity (Wildman–Crippen MR) is 75.0 cm³/mol. The van der Waals surface area contributed by atoms with Gasteiger partial charge in [-0.2, -0.15) is 0 Å². The van der Waals surface area contributed by atoms with Crippen LogP contribution >= 0.6 is 0 Å². The molecule has 0 bridgehead atoms. The summed E-state index contributed by atoms with van der Waals surface area (Å²) in [5, 5.41) is 5.13. The van der Waals surface area contributed by atoms with Gasteiger partial charge in [-0.3, -0.25) is 0 Å². The molecular weight excluding hydrogens is 278 g/mol. The maximum atomic E-state index is 11.3. The molecular formula is C13H17N3O3S. The van der Waals surface area contributed by atoms with Gasteiger partial charge in [0.25, 0.3) is 0 Å². The van der Waals surface area contributed by atoms with Gasteiger partial charge in [0.15, 0.2) is 0 Å². The van der Waals surface area contributed by atoms with Gasteiger partial charge in [0.05, 0.1) is 17.8 Å². The number of primary sulfonamides is 1. The fourth-order valence-electron chi connectivity index (χ4n) is 1.97. The highest BCUT2D eigenvalue weighted by Gasteiger charge is 2.13. The Morgan fingerprint density at radius 3 is 2.45 bits per heavy atom. The van der Waals surface area contributed by atoms with Crippen LogP contribution in [0.15, 0.2) is 35.7 Å². The number of nitrogens with two attached hydrogens (primary N) is 1. The van der Waals surface area contributed by atoms with E-state index in [0.29, 0.717) is 18.9 Å². The van der Waals surface area contributed by atoms with Crippen molar-refractivity contribution in [3.63, 3.8) is 0 Å². The van der Waals surface area contributed by atoms with Crippen LogP contribution in [0, 0.1) is 13.8 Å². The molecule has 6 nitrogen and oxygen atoms in total. The van der Waals surface area contributed by atoms with Crippen LogP contribution < -0.4 is 9.88 Å². The van der Waals surface area contributed by atoms with Crippen LogP contribution in [0.5, 0.6) is 5.75 Å². The summed E-state index contributed by atoms with van der Waals surface area (Å²) in [5.74, 6) is 0.692. The lowest BCUT2D eigenvalue weighted by molar-refractivity contribution is 0.294. The van der Waals surface area contributed by atoms with Gasteiger partial charge in [-0.05, 0) is 37.1 Å². The van der Waals surface area contributed by atoms with Crippen LogP contribution in [0.3, 0.4) is 0 Å². The van der Waals surface area contributed by atoms with E-state index in [2.05, 4.69) is 4.98 Å². The highest BCUT2D eigenvalue weighted by Crippen LogP contribution is 2.26. The Balaban J connectivity index is 2.12. The van der Waals surface area contributed by atoms with Crippen molar-refractivity contribution < 1.29 is 13.2 Å². The van der Waals surface area contributed by atoms with E-state index in [0.717, 1.165) is 11.1 Å². The number of imidazole rings is 1. The molecule has 2 rings (SSSR count). The molecule has 1 aromatic carbocycles. The third-order valence-electron chi connectivity index (χ3n) is 2.92. The first-order valence-corrected chi connectivity index (χ1v) is 7.65. The average Bonchev–Trinajstić information content (AvgIpc) is 2.84. The first-order valence-electron chi connectivity index (χ1n) is 6.10. The Bertz CT molecular complexity index is 671. The Labute approximate surface area is 118 Å². The second kappa shape index (κ2) is 5.64. The molecule has 0 aliphatic rings. The summed E-state index contributed by atoms with van der Waals surface area (Å²) in [7, 11) is -3.69. The molecule has 0 atom stereocenters. The summed E-state index contributed by atoms with van der Waals surface area (Å²) in [6.07, 6.45) is 5.28. The fourth-order valence-corrected chi connectivity index (χ4v) is 2.66. The predicted octanol–water partition coefficient (Wildman–Crippen LogP) is 1.23. The van der Waals surface area contributed by atoms with Crippen LogP contribution in [0.4, 0.5) is 0 Å². The summed E-state index contributed by atoms with van der Waals surface area (Å²) < 4.78 is 30.3. The zero-order chi connectivity index (χ0) is 14.8. The Hall–Kier alpha value is -1.86. The van der Waals surface area contributed by atoms with Crippen LogP contribution in [-0.2, 0) is 16.6 Å². The third kappa shape index (κ3) is 3.37. The molecule has 1 aromatic heterocycles. The van der Waals surface area contributed by atoms with Gasteiger partial charge in [0, 0.05) is 12.4 Å². The average molecular weight is 295 g/mol. The minimum Gasteiger partial charge on any atom is -0.491 e. The lowest BCUT2D eigenvalue weighted by Gasteiger charge is -2.13. The number of hydrogen-bond acceptors (Lipinski definition) is 4. The summed E-state index contributed by atoms with van der Waals surface area (Å²) in [6.45, 7) is 4.75. The second-order valence-electron chi connectivity index (χ2n) is 4.58. The van der Waals surface area contributed by atoms with E-state index in [1.165, 1.54) is 12.1 Å². The Kier molecular flexibility index (Phi) is 4.10. The number of hydrogen-bond donors (Lipinski definition) is 1. The van der Waals surface area contributed by atoms with E-state index >= 15 is 0 Å². The van der Waals surface area contributed by atoms with Crippen molar-refractivity contribution in [2.75, 3.05) is 6.61 Å². The first-order chi connectivity index (χ1) is 9.38. The molecule has 20 heavy (non-hydrogen) atoms. The molecule has 0 saturated heterocycles. The highest BCUT2D eigenvalue weighted by atomic mass is 32.2. The Morgan fingerprint density at radius 1 is 1.30 bits per heavy atom. The molecule has 2 aromatic rings. The normalized spacial score (nSPS) is 11.6. The number of ether oxygens (including phenoxy) is 1. The molecule has 0 amide bonds. The lowest BCUT2D eigenvalue weighted by Crippen LogP contribution is -2.13. The minimum absolute atomic E-state index is 0.106. The minimum atomic E-state index is -3.69. The van der Waals surface area contributed by atoms with Gasteiger partial charge >= 0.3 is 0 Å². The van der Waals surface area contributed by atoms with Crippen LogP contribution in [-0.4, -0.2) is 24.6 Å². The molecule has 7 heteroatoms. The molecule has 2 N–H and O–H groups in total. The molecule has 0 spiro atoms. The van der Waals surface area contributed by atoms with Crippen molar-refractivity contribution in [2.24, 2.45) is 5.14 Å². The molecule has 0 aliphatic carbocycles. The lowest BCUT2D eigenvalue weighted by atomic mass is 10.1. The number of sulfonamides is 1. The van der Waals surface area contributed by atoms with E-state index in [-0.39, 0.29) is 4.90 Å². The van der Waals surface area contributed by atoms with E-state index in [4.69, 9.17) is 9.88 Å². The molecule has 0 fully saturated rings. The molecule has 0 saturated carbocycles. The number of nitrogens with zero attached hydrogens (tertiary/aromatic N) is 2. The largest absolute Gasteiger partial charge is 0.491 e. The number of rotatable bonds is 5. The summed E-state index contributed by atoms with van der Waals surface area (Å²) in [6, 6.07) is 3.05. The van der Waals surface area contributed by atoms with Crippen molar-refractivity contribution in [1.82, 2.24) is 9.55 Å². The van der Waals surface area contributed by atoms with Crippen molar-refractivity contribution in [1.29, 1.82) is 0 Å². The van der Waals surface area contributed by atoms with Crippen molar-refractivity contribution in [2.45, 2.75) is 25.3 Å². The molecule has 0 radical (unpaired) electrons. The first kappa shape index (κ1) is 14.5. The topological polar surface area (TPSA) is 87.2 Å². The second-order valence-corrected chi connectivity index (χ2v) is 6.14. The summed E-state index contributed by atoms with van der Waals surface area (Å²) in [5.41, 5.74) is 1.50. The van der Waals surface area contributed by atoms with Gasteiger partial charge in [0.1, 0.15) is 12.4 Å². The fraction of sp³-hybridized carbons (Fsp3) is 0.308. The van der Waals surface area contributed by atoms with E-state index in [1.807, 2.05) is 10.8 Å². The molecule has 1 heterocycles. The van der Waals surface area contributed by atoms with Crippen LogP contribution in [0.25, 0.3) is 0 Å². The monoisotopic (exact) mass is 295 g/mol. The van der Waals surface area contributed by atoms with Gasteiger partial charge in [0.2, 0.25) is 10.0 Å². The smallest absolute Gasteiger partial charge is 0.238 e. The maximum absolute atomic E-state index is 11.3. The number of aromatic nitrogens is 2. The molecule has 108 valence electrons. The van der Waals surface area contributed by atoms with E-state index in [1.54, 1.807) is 26.4 Å². The van der Waals surface area contributed by atoms with E-state index < -0.39 is 10.0 Å². The summed E-state index contributed by atoms with van der Waals surface area (Å²) >= 11 is 0. The van der Waals surface area contributed by atoms with Gasteiger partial charge < -0.3 is 9.30 Å². The maximum Gasteiger partial charge on any atom is 0.238 e. The van der Waals surface area contributed by atoms with Gasteiger partial charge in [-0.25, -0.2) is 18.5 Å². The van der Waals surface area contributed by atoms with Crippen LogP contribution in [0.2, 0.25) is 0 Å². The number of benzene rings is 1. The highest BCUT2D eigenvalue weighted by molar-refractivity contribution is 7.89.